The van der Waals surface area contributed by atoms with Crippen LogP contribution in [0.2, 0.25) is 0 Å². The fourth-order valence-corrected chi connectivity index (χ4v) is 14.7. The van der Waals surface area contributed by atoms with Crippen molar-refractivity contribution in [3.05, 3.63) is 216 Å². The molecule has 0 aliphatic carbocycles. The van der Waals surface area contributed by atoms with E-state index in [1.807, 2.05) is 28.2 Å². The van der Waals surface area contributed by atoms with Crippen molar-refractivity contribution < 1.29 is 81.7 Å². The average molecular weight is 1890 g/mol. The third-order valence-electron chi connectivity index (χ3n) is 21.7. The zero-order valence-electron chi connectivity index (χ0n) is 79.1. The Morgan fingerprint density at radius 3 is 0.642 bits per heavy atom. The van der Waals surface area contributed by atoms with Crippen LogP contribution in [0.1, 0.15) is 171 Å². The molecular formula is C91H117N31O15+2. The second-order valence-electron chi connectivity index (χ2n) is 33.7. The van der Waals surface area contributed by atoms with Crippen LogP contribution >= 0.6 is 0 Å². The molecule has 0 bridgehead atoms. The zero-order chi connectivity index (χ0) is 99.3. The van der Waals surface area contributed by atoms with Gasteiger partial charge < -0.3 is 144 Å². The SMILES string of the molecule is Cn1cc(NC(=O)c2cc(NC(=O)c3nccn3C)cn2C)cc1C(=O)NCCCC(=O)Nc1cc(C(=O)Nc2cc(C(=O)Nc3cc(C(=O)NCCC(=O)NCCC[NH+](C)C)n(C)c3)n(C)c2)n(C)c1.Cn1cc(NC(=O)c2cc(NC(=O)c3nccn3C)cn2C)cc1C(=O)NCCCC(=O)Nc1cc(C(=O)Nc2cc(C(=O)Nc3cc(C(=O)NCCC[NH+](C)C)n(C)c3)n(C)c2)n(C)c1. The molecule has 0 unspecified atom stereocenters. The first-order valence-corrected chi connectivity index (χ1v) is 43.8. The van der Waals surface area contributed by atoms with Gasteiger partial charge in [-0.25, -0.2) is 9.97 Å². The topological polar surface area (TPSA) is 530 Å². The first-order chi connectivity index (χ1) is 65.1. The Labute approximate surface area is 787 Å². The summed E-state index contributed by atoms with van der Waals surface area (Å²) in [5.74, 6) is -5.47. The van der Waals surface area contributed by atoms with Crippen molar-refractivity contribution in [2.24, 2.45) is 84.6 Å². The molecule has 0 atom stereocenters. The Bertz CT molecular complexity index is 6520. The molecule has 15 amide bonds. The van der Waals surface area contributed by atoms with Crippen molar-refractivity contribution in [3.8, 4) is 0 Å². The summed E-state index contributed by atoms with van der Waals surface area (Å²) in [4.78, 5) is 205. The van der Waals surface area contributed by atoms with Crippen molar-refractivity contribution in [1.82, 2.24) is 91.4 Å². The Hall–Kier alpha value is -16.8. The summed E-state index contributed by atoms with van der Waals surface area (Å²) >= 11 is 0. The number of hydrogen-bond donors (Lipinski definition) is 17. The van der Waals surface area contributed by atoms with Crippen LogP contribution in [-0.4, -0.2) is 227 Å². The predicted octanol–water partition coefficient (Wildman–Crippen LogP) is 2.58. The van der Waals surface area contributed by atoms with E-state index in [4.69, 9.17) is 0 Å². The Morgan fingerprint density at radius 2 is 0.423 bits per heavy atom. The predicted molar refractivity (Wildman–Crippen MR) is 511 cm³/mol. The number of rotatable bonds is 41. The fourth-order valence-electron chi connectivity index (χ4n) is 14.7. The van der Waals surface area contributed by atoms with Crippen molar-refractivity contribution in [2.75, 3.05) is 127 Å². The summed E-state index contributed by atoms with van der Waals surface area (Å²) in [5.41, 5.74) is 6.65. The molecule has 12 aromatic heterocycles. The fraction of sp³-hybridized carbons (Fsp3) is 0.330. The van der Waals surface area contributed by atoms with Gasteiger partial charge in [-0.15, -0.1) is 0 Å². The minimum atomic E-state index is -0.491. The van der Waals surface area contributed by atoms with Crippen LogP contribution in [-0.2, 0) is 99.0 Å². The molecule has 0 aliphatic heterocycles. The van der Waals surface area contributed by atoms with Gasteiger partial charge in [0.05, 0.1) is 98.2 Å². The maximum Gasteiger partial charge on any atom is 0.291 e. The van der Waals surface area contributed by atoms with E-state index in [2.05, 4.69) is 89.7 Å². The number of carbonyl (C=O) groups excluding carboxylic acids is 15. The van der Waals surface area contributed by atoms with Gasteiger partial charge in [-0.2, -0.15) is 0 Å². The van der Waals surface area contributed by atoms with E-state index in [0.717, 1.165) is 25.9 Å². The highest BCUT2D eigenvalue weighted by Gasteiger charge is 2.27. The number of aromatic nitrogens is 14. The molecule has 0 aromatic carbocycles. The lowest BCUT2D eigenvalue weighted by atomic mass is 10.2. The minimum Gasteiger partial charge on any atom is -0.356 e. The van der Waals surface area contributed by atoms with Gasteiger partial charge in [0.15, 0.2) is 11.6 Å². The number of carbonyl (C=O) groups is 15. The van der Waals surface area contributed by atoms with E-state index in [0.29, 0.717) is 88.5 Å². The van der Waals surface area contributed by atoms with Crippen LogP contribution in [0.5, 0.6) is 0 Å². The first-order valence-electron chi connectivity index (χ1n) is 43.8. The van der Waals surface area contributed by atoms with Gasteiger partial charge in [0.1, 0.15) is 56.9 Å². The van der Waals surface area contributed by atoms with E-state index in [-0.39, 0.29) is 125 Å². The number of nitrogens with zero attached hydrogens (tertiary/aromatic N) is 14. The molecule has 137 heavy (non-hydrogen) atoms. The van der Waals surface area contributed by atoms with Gasteiger partial charge in [-0.3, -0.25) is 71.9 Å². The first kappa shape index (κ1) is 101. The number of hydrogen-bond acceptors (Lipinski definition) is 17. The average Bonchev–Trinajstić information content (AvgIpc) is 1.67. The normalized spacial score (nSPS) is 11.0. The summed E-state index contributed by atoms with van der Waals surface area (Å²) in [6.45, 7) is 3.50. The summed E-state index contributed by atoms with van der Waals surface area (Å²) in [6, 6.07) is 15.3. The van der Waals surface area contributed by atoms with Crippen LogP contribution < -0.4 is 89.6 Å². The second-order valence-corrected chi connectivity index (χ2v) is 33.7. The summed E-state index contributed by atoms with van der Waals surface area (Å²) < 4.78 is 18.9. The largest absolute Gasteiger partial charge is 0.356 e. The number of quaternary nitrogens is 2. The minimum absolute atomic E-state index is 0.0662. The molecule has 0 spiro atoms. The molecule has 12 rings (SSSR count). The second kappa shape index (κ2) is 45.5. The highest BCUT2D eigenvalue weighted by Crippen LogP contribution is 2.26. The third-order valence-corrected chi connectivity index (χ3v) is 21.7. The summed E-state index contributed by atoms with van der Waals surface area (Å²) in [7, 11) is 28.3. The third kappa shape index (κ3) is 27.2. The van der Waals surface area contributed by atoms with Crippen molar-refractivity contribution >= 4 is 145 Å². The highest BCUT2D eigenvalue weighted by molar-refractivity contribution is 6.12. The molecule has 0 fully saturated rings. The Kier molecular flexibility index (Phi) is 33.5. The lowest BCUT2D eigenvalue weighted by molar-refractivity contribution is -0.858. The summed E-state index contributed by atoms with van der Waals surface area (Å²) in [6.07, 6.45) is 24.9. The molecule has 46 nitrogen and oxygen atoms in total. The Morgan fingerprint density at radius 1 is 0.226 bits per heavy atom. The Balaban J connectivity index is 0.000000264. The van der Waals surface area contributed by atoms with Crippen LogP contribution in [0.15, 0.2) is 147 Å². The quantitative estimate of drug-likeness (QED) is 0.0245. The van der Waals surface area contributed by atoms with E-state index >= 15 is 0 Å². The van der Waals surface area contributed by atoms with Gasteiger partial charge in [-0.05, 0) is 73.5 Å². The molecule has 12 aromatic rings. The monoisotopic (exact) mass is 1880 g/mol. The smallest absolute Gasteiger partial charge is 0.291 e. The number of amides is 15. The standard InChI is InChI=1S/C47H60N16O8.C44H55N15O7/c1-57(2)17-10-14-48-39(64)12-15-51-43(67)35-21-31(26-60(35)5)54-45(69)37-22-32(27-62(37)7)55-44(68)36-19-29(24-61(36)6)52-40(65)11-9-13-50-42(66)34-20-30(25-59(34)4)53-46(70)38-23-33(28-63(38)8)56-47(71)41-49-16-18-58(41)3;1-53(2)15-10-13-47-40(62)33-19-29(24-56(33)5)49-42(64)35-20-30(25-58(35)7)51-41(63)34-17-27(22-57(34)6)48-37(60)11-9-12-46-39(61)32-18-28(23-55(32)4)50-43(65)36-21-31(26-59(36)8)52-44(66)38-45-14-16-54(38)3/h16,18-28H,9-15,17H2,1-8H3,(H,48,64)(H,50,66)(H,51,67)(H,52,65)(H,53,70)(H,54,69)(H,55,68)(H,56,71);14,16-26H,9-13,15H2,1-8H3,(H,46,61)(H,47,62)(H,48,60)(H,49,64)(H,50,65)(H,51,63)(H,52,66)/p+2. The van der Waals surface area contributed by atoms with Gasteiger partial charge in [0.2, 0.25) is 17.7 Å². The van der Waals surface area contributed by atoms with E-state index in [1.165, 1.54) is 76.8 Å². The number of nitrogens with one attached hydrogen (secondary N) is 17. The van der Waals surface area contributed by atoms with Crippen LogP contribution in [0, 0.1) is 0 Å². The van der Waals surface area contributed by atoms with Crippen LogP contribution in [0.4, 0.5) is 56.9 Å². The lowest BCUT2D eigenvalue weighted by Gasteiger charge is -2.09. The van der Waals surface area contributed by atoms with Gasteiger partial charge in [-0.1, -0.05) is 0 Å². The van der Waals surface area contributed by atoms with Gasteiger partial charge in [0.25, 0.3) is 70.9 Å². The summed E-state index contributed by atoms with van der Waals surface area (Å²) in [5, 5.41) is 41.8. The van der Waals surface area contributed by atoms with E-state index in [9.17, 15) is 71.9 Å². The van der Waals surface area contributed by atoms with Crippen molar-refractivity contribution in [2.45, 2.75) is 44.9 Å². The molecule has 0 saturated heterocycles. The van der Waals surface area contributed by atoms with Crippen LogP contribution in [0.3, 0.4) is 0 Å². The highest BCUT2D eigenvalue weighted by atomic mass is 16.2. The molecule has 0 aliphatic rings. The van der Waals surface area contributed by atoms with E-state index < -0.39 is 65.0 Å². The molecule has 17 N–H and O–H groups in total. The molecular weight excluding hydrogens is 1770 g/mol. The zero-order valence-corrected chi connectivity index (χ0v) is 79.1. The maximum absolute atomic E-state index is 13.3. The van der Waals surface area contributed by atoms with Gasteiger partial charge in [0, 0.05) is 236 Å². The molecule has 0 saturated carbocycles. The number of aryl methyl sites for hydroxylation is 12. The molecule has 0 radical (unpaired) electrons. The van der Waals surface area contributed by atoms with E-state index in [1.54, 1.807) is 220 Å². The molecule has 724 valence electrons. The van der Waals surface area contributed by atoms with Crippen LogP contribution in [0.25, 0.3) is 0 Å². The lowest BCUT2D eigenvalue weighted by Crippen LogP contribution is -3.05. The molecule has 46 heteroatoms. The number of anilines is 10. The number of imidazole rings is 2. The molecule has 12 heterocycles. The van der Waals surface area contributed by atoms with Gasteiger partial charge >= 0.3 is 0 Å². The van der Waals surface area contributed by atoms with Crippen molar-refractivity contribution in [1.29, 1.82) is 0 Å². The maximum atomic E-state index is 13.3. The van der Waals surface area contributed by atoms with Crippen molar-refractivity contribution in [3.63, 3.8) is 0 Å².